The lowest BCUT2D eigenvalue weighted by Crippen LogP contribution is -2.30. The molecule has 402 valence electrons. The van der Waals surface area contributed by atoms with E-state index >= 15 is 0 Å². The van der Waals surface area contributed by atoms with E-state index in [1.165, 1.54) is 180 Å². The van der Waals surface area contributed by atoms with Crippen LogP contribution in [0.3, 0.4) is 0 Å². The van der Waals surface area contributed by atoms with Gasteiger partial charge in [-0.15, -0.1) is 0 Å². The Morgan fingerprint density at radius 2 is 0.522 bits per heavy atom. The van der Waals surface area contributed by atoms with E-state index in [4.69, 9.17) is 14.2 Å². The third kappa shape index (κ3) is 56.2. The monoisotopic (exact) mass is 967 g/mol. The lowest BCUT2D eigenvalue weighted by atomic mass is 10.0. The van der Waals surface area contributed by atoms with Crippen molar-refractivity contribution in [1.82, 2.24) is 0 Å². The van der Waals surface area contributed by atoms with Gasteiger partial charge >= 0.3 is 17.9 Å². The second-order valence-electron chi connectivity index (χ2n) is 20.3. The van der Waals surface area contributed by atoms with Crippen LogP contribution in [0.2, 0.25) is 0 Å². The van der Waals surface area contributed by atoms with Gasteiger partial charge in [-0.3, -0.25) is 14.4 Å². The quantitative estimate of drug-likeness (QED) is 0.0262. The third-order valence-corrected chi connectivity index (χ3v) is 13.3. The second-order valence-corrected chi connectivity index (χ2v) is 20.3. The molecular weight excluding hydrogens is 853 g/mol. The van der Waals surface area contributed by atoms with Gasteiger partial charge in [0.05, 0.1) is 0 Å². The number of rotatable bonds is 55. The van der Waals surface area contributed by atoms with Crippen molar-refractivity contribution >= 4 is 17.9 Å². The van der Waals surface area contributed by atoms with Crippen LogP contribution < -0.4 is 0 Å². The molecule has 0 saturated heterocycles. The molecule has 0 amide bonds. The molecule has 0 N–H and O–H groups in total. The molecule has 6 heteroatoms. The summed E-state index contributed by atoms with van der Waals surface area (Å²) in [7, 11) is 0. The van der Waals surface area contributed by atoms with Crippen LogP contribution in [0.25, 0.3) is 0 Å². The van der Waals surface area contributed by atoms with Gasteiger partial charge in [0, 0.05) is 19.3 Å². The number of esters is 3. The zero-order valence-corrected chi connectivity index (χ0v) is 46.1. The highest BCUT2D eigenvalue weighted by atomic mass is 16.6. The molecule has 0 aromatic heterocycles. The molecule has 0 fully saturated rings. The Bertz CT molecular complexity index is 1200. The zero-order valence-electron chi connectivity index (χ0n) is 46.1. The van der Waals surface area contributed by atoms with Crippen LogP contribution in [0.1, 0.15) is 316 Å². The molecule has 0 aliphatic heterocycles. The third-order valence-electron chi connectivity index (χ3n) is 13.3. The number of hydrogen-bond acceptors (Lipinski definition) is 6. The van der Waals surface area contributed by atoms with Gasteiger partial charge in [0.2, 0.25) is 0 Å². The smallest absolute Gasteiger partial charge is 0.306 e. The first-order valence-electron chi connectivity index (χ1n) is 30.1. The van der Waals surface area contributed by atoms with Crippen molar-refractivity contribution < 1.29 is 28.6 Å². The summed E-state index contributed by atoms with van der Waals surface area (Å²) >= 11 is 0. The van der Waals surface area contributed by atoms with E-state index in [9.17, 15) is 14.4 Å². The van der Waals surface area contributed by atoms with E-state index < -0.39 is 6.10 Å². The minimum atomic E-state index is -0.782. The van der Waals surface area contributed by atoms with E-state index in [1.54, 1.807) is 0 Å². The molecule has 0 saturated carbocycles. The van der Waals surface area contributed by atoms with Crippen LogP contribution in [-0.2, 0) is 28.6 Å². The Hall–Kier alpha value is -2.63. The Balaban J connectivity index is 4.35. The fourth-order valence-electron chi connectivity index (χ4n) is 8.74. The molecule has 0 radical (unpaired) electrons. The summed E-state index contributed by atoms with van der Waals surface area (Å²) in [5, 5.41) is 0. The highest BCUT2D eigenvalue weighted by Crippen LogP contribution is 2.17. The molecule has 0 aromatic rings. The first-order valence-corrected chi connectivity index (χ1v) is 30.1. The van der Waals surface area contributed by atoms with Crippen LogP contribution in [0.15, 0.2) is 48.6 Å². The molecule has 0 aliphatic rings. The SMILES string of the molecule is CCCCC/C=C\C/C=C\CCCCCCCCCC(=O)OC[C@H](COC(=O)CCCCCCCCCCCCCCCCCCCCC)OC(=O)CCCCCCC/C=C\C/C=C\CCCCC. The number of allylic oxidation sites excluding steroid dienone is 8. The summed E-state index contributed by atoms with van der Waals surface area (Å²) in [5.74, 6) is -0.883. The Morgan fingerprint density at radius 1 is 0.290 bits per heavy atom. The summed E-state index contributed by atoms with van der Waals surface area (Å²) in [6.45, 7) is 6.61. The van der Waals surface area contributed by atoms with E-state index in [2.05, 4.69) is 69.4 Å². The number of carbonyl (C=O) groups is 3. The summed E-state index contributed by atoms with van der Waals surface area (Å²) in [4.78, 5) is 38.2. The van der Waals surface area contributed by atoms with Crippen molar-refractivity contribution in [3.8, 4) is 0 Å². The molecule has 6 nitrogen and oxygen atoms in total. The van der Waals surface area contributed by atoms with Gasteiger partial charge in [0.15, 0.2) is 6.10 Å². The van der Waals surface area contributed by atoms with Gasteiger partial charge < -0.3 is 14.2 Å². The number of carbonyl (C=O) groups excluding carboxylic acids is 3. The lowest BCUT2D eigenvalue weighted by molar-refractivity contribution is -0.167. The highest BCUT2D eigenvalue weighted by molar-refractivity contribution is 5.71. The number of unbranched alkanes of at least 4 members (excludes halogenated alkanes) is 36. The molecule has 0 aromatic carbocycles. The predicted octanol–water partition coefficient (Wildman–Crippen LogP) is 20.2. The van der Waals surface area contributed by atoms with E-state index in [0.29, 0.717) is 19.3 Å². The normalized spacial score (nSPS) is 12.3. The van der Waals surface area contributed by atoms with Gasteiger partial charge in [-0.25, -0.2) is 0 Å². The van der Waals surface area contributed by atoms with Crippen LogP contribution in [0, 0.1) is 0 Å². The van der Waals surface area contributed by atoms with Crippen LogP contribution in [-0.4, -0.2) is 37.2 Å². The molecule has 0 bridgehead atoms. The van der Waals surface area contributed by atoms with Gasteiger partial charge in [-0.1, -0.05) is 262 Å². The van der Waals surface area contributed by atoms with E-state index in [1.807, 2.05) is 0 Å². The second kappa shape index (κ2) is 57.9. The minimum absolute atomic E-state index is 0.0783. The van der Waals surface area contributed by atoms with Gasteiger partial charge in [-0.05, 0) is 83.5 Å². The molecule has 0 rings (SSSR count). The largest absolute Gasteiger partial charge is 0.462 e. The molecule has 0 heterocycles. The van der Waals surface area contributed by atoms with Crippen LogP contribution in [0.5, 0.6) is 0 Å². The topological polar surface area (TPSA) is 78.9 Å². The molecule has 0 unspecified atom stereocenters. The van der Waals surface area contributed by atoms with Crippen molar-refractivity contribution in [2.24, 2.45) is 0 Å². The van der Waals surface area contributed by atoms with Crippen molar-refractivity contribution in [3.05, 3.63) is 48.6 Å². The van der Waals surface area contributed by atoms with Crippen molar-refractivity contribution in [1.29, 1.82) is 0 Å². The summed E-state index contributed by atoms with van der Waals surface area (Å²) in [6.07, 6.45) is 71.0. The Morgan fingerprint density at radius 3 is 0.826 bits per heavy atom. The first-order chi connectivity index (χ1) is 34.0. The summed E-state index contributed by atoms with van der Waals surface area (Å²) in [5.41, 5.74) is 0. The van der Waals surface area contributed by atoms with Crippen molar-refractivity contribution in [3.63, 3.8) is 0 Å². The standard InChI is InChI=1S/C63H114O6/c1-4-7-10-13-16-19-22-25-28-30-31-33-36-38-41-44-47-50-53-56-62(65)68-59-60(69-63(66)57-54-51-48-45-42-39-34-27-24-21-18-15-12-9-6-3)58-67-61(64)55-52-49-46-43-40-37-35-32-29-26-23-20-17-14-11-8-5-2/h17-18,20-21,26-27,29,34,60H,4-16,19,22-25,28,30-33,35-59H2,1-3H3/b20-17-,21-18-,29-26-,34-27-/t60-/m1/s1. The Labute approximate surface area is 428 Å². The van der Waals surface area contributed by atoms with Crippen LogP contribution >= 0.6 is 0 Å². The van der Waals surface area contributed by atoms with Crippen LogP contribution in [0.4, 0.5) is 0 Å². The first kappa shape index (κ1) is 66.4. The molecule has 69 heavy (non-hydrogen) atoms. The van der Waals surface area contributed by atoms with Gasteiger partial charge in [0.1, 0.15) is 13.2 Å². The fraction of sp³-hybridized carbons (Fsp3) is 0.825. The van der Waals surface area contributed by atoms with Crippen molar-refractivity contribution in [2.45, 2.75) is 322 Å². The number of hydrogen-bond donors (Lipinski definition) is 0. The maximum absolute atomic E-state index is 12.9. The van der Waals surface area contributed by atoms with E-state index in [0.717, 1.165) is 96.3 Å². The average molecular weight is 968 g/mol. The average Bonchev–Trinajstić information content (AvgIpc) is 3.35. The minimum Gasteiger partial charge on any atom is -0.462 e. The summed E-state index contributed by atoms with van der Waals surface area (Å²) in [6, 6.07) is 0. The molecule has 1 atom stereocenters. The predicted molar refractivity (Wildman–Crippen MR) is 298 cm³/mol. The molecular formula is C63H114O6. The Kier molecular flexibility index (Phi) is 55.7. The van der Waals surface area contributed by atoms with E-state index in [-0.39, 0.29) is 31.1 Å². The van der Waals surface area contributed by atoms with Gasteiger partial charge in [0.25, 0.3) is 0 Å². The highest BCUT2D eigenvalue weighted by Gasteiger charge is 2.19. The fourth-order valence-corrected chi connectivity index (χ4v) is 8.74. The molecule has 0 aliphatic carbocycles. The van der Waals surface area contributed by atoms with Crippen molar-refractivity contribution in [2.75, 3.05) is 13.2 Å². The zero-order chi connectivity index (χ0) is 50.0. The lowest BCUT2D eigenvalue weighted by Gasteiger charge is -2.18. The maximum Gasteiger partial charge on any atom is 0.306 e. The molecule has 0 spiro atoms. The number of ether oxygens (including phenoxy) is 3. The van der Waals surface area contributed by atoms with Gasteiger partial charge in [-0.2, -0.15) is 0 Å². The summed E-state index contributed by atoms with van der Waals surface area (Å²) < 4.78 is 16.9. The maximum atomic E-state index is 12.9.